The van der Waals surface area contributed by atoms with Crippen LogP contribution in [0.4, 0.5) is 5.82 Å². The van der Waals surface area contributed by atoms with Crippen molar-refractivity contribution in [3.63, 3.8) is 0 Å². The van der Waals surface area contributed by atoms with Crippen molar-refractivity contribution in [1.29, 1.82) is 0 Å². The number of ether oxygens (including phenoxy) is 1. The number of aromatic nitrogens is 1. The van der Waals surface area contributed by atoms with Gasteiger partial charge < -0.3 is 10.5 Å². The lowest BCUT2D eigenvalue weighted by molar-refractivity contribution is 0.131. The molecule has 0 saturated carbocycles. The molecule has 0 saturated heterocycles. The van der Waals surface area contributed by atoms with Crippen LogP contribution in [-0.2, 0) is 0 Å². The second-order valence-corrected chi connectivity index (χ2v) is 6.13. The highest BCUT2D eigenvalue weighted by molar-refractivity contribution is 6.33. The standard InChI is InChI=1S/C16H19ClN2O/c1-10-12(7-8-15(18)19-10)13-6-5-11(9-14(13)17)20-16(2,3)4/h5-9H,1-4H3,(H2,18,19). The number of anilines is 1. The third-order valence-corrected chi connectivity index (χ3v) is 3.07. The number of nitrogens with two attached hydrogens (primary N) is 1. The fraction of sp³-hybridized carbons (Fsp3) is 0.312. The predicted octanol–water partition coefficient (Wildman–Crippen LogP) is 4.47. The van der Waals surface area contributed by atoms with Crippen molar-refractivity contribution in [2.75, 3.05) is 5.73 Å². The van der Waals surface area contributed by atoms with Crippen molar-refractivity contribution in [3.8, 4) is 16.9 Å². The van der Waals surface area contributed by atoms with Crippen LogP contribution in [0, 0.1) is 6.92 Å². The molecule has 0 spiro atoms. The number of nitrogens with zero attached hydrogens (tertiary/aromatic N) is 1. The zero-order chi connectivity index (χ0) is 14.9. The van der Waals surface area contributed by atoms with Crippen LogP contribution in [0.1, 0.15) is 26.5 Å². The van der Waals surface area contributed by atoms with Gasteiger partial charge in [-0.2, -0.15) is 0 Å². The van der Waals surface area contributed by atoms with Crippen LogP contribution in [0.25, 0.3) is 11.1 Å². The number of rotatable bonds is 2. The molecule has 0 amide bonds. The van der Waals surface area contributed by atoms with E-state index in [4.69, 9.17) is 22.1 Å². The number of halogens is 1. The Balaban J connectivity index is 2.39. The maximum Gasteiger partial charge on any atom is 0.123 e. The molecule has 0 bridgehead atoms. The van der Waals surface area contributed by atoms with Gasteiger partial charge in [0.15, 0.2) is 0 Å². The molecule has 1 aromatic heterocycles. The molecular weight excluding hydrogens is 272 g/mol. The Hall–Kier alpha value is -1.74. The summed E-state index contributed by atoms with van der Waals surface area (Å²) in [6, 6.07) is 9.41. The molecule has 0 aliphatic rings. The first kappa shape index (κ1) is 14.7. The van der Waals surface area contributed by atoms with Gasteiger partial charge in [-0.25, -0.2) is 4.98 Å². The van der Waals surface area contributed by atoms with E-state index in [0.717, 1.165) is 22.6 Å². The zero-order valence-corrected chi connectivity index (χ0v) is 13.0. The highest BCUT2D eigenvalue weighted by Gasteiger charge is 2.14. The van der Waals surface area contributed by atoms with Gasteiger partial charge in [0.2, 0.25) is 0 Å². The molecule has 2 rings (SSSR count). The Labute approximate surface area is 124 Å². The van der Waals surface area contributed by atoms with Gasteiger partial charge >= 0.3 is 0 Å². The highest BCUT2D eigenvalue weighted by atomic mass is 35.5. The highest BCUT2D eigenvalue weighted by Crippen LogP contribution is 2.33. The molecule has 106 valence electrons. The van der Waals surface area contributed by atoms with Crippen LogP contribution >= 0.6 is 11.6 Å². The quantitative estimate of drug-likeness (QED) is 0.887. The number of pyridine rings is 1. The number of hydrogen-bond donors (Lipinski definition) is 1. The Morgan fingerprint density at radius 1 is 1.10 bits per heavy atom. The van der Waals surface area contributed by atoms with Crippen molar-refractivity contribution in [1.82, 2.24) is 4.98 Å². The lowest BCUT2D eigenvalue weighted by atomic mass is 10.0. The van der Waals surface area contributed by atoms with Crippen molar-refractivity contribution in [2.24, 2.45) is 0 Å². The fourth-order valence-electron chi connectivity index (χ4n) is 2.00. The monoisotopic (exact) mass is 290 g/mol. The maximum absolute atomic E-state index is 6.37. The third kappa shape index (κ3) is 3.42. The number of nitrogen functional groups attached to an aromatic ring is 1. The van der Waals surface area contributed by atoms with E-state index in [1.54, 1.807) is 6.07 Å². The van der Waals surface area contributed by atoms with Crippen molar-refractivity contribution in [2.45, 2.75) is 33.3 Å². The number of hydrogen-bond acceptors (Lipinski definition) is 3. The largest absolute Gasteiger partial charge is 0.488 e. The number of benzene rings is 1. The Bertz CT molecular complexity index is 633. The average molecular weight is 291 g/mol. The lowest BCUT2D eigenvalue weighted by Gasteiger charge is -2.21. The summed E-state index contributed by atoms with van der Waals surface area (Å²) in [4.78, 5) is 4.26. The van der Waals surface area contributed by atoms with E-state index >= 15 is 0 Å². The number of aryl methyl sites for hydroxylation is 1. The SMILES string of the molecule is Cc1nc(N)ccc1-c1ccc(OC(C)(C)C)cc1Cl. The van der Waals surface area contributed by atoms with E-state index in [1.165, 1.54) is 0 Å². The molecule has 4 heteroatoms. The van der Waals surface area contributed by atoms with Crippen LogP contribution in [-0.4, -0.2) is 10.6 Å². The minimum atomic E-state index is -0.247. The summed E-state index contributed by atoms with van der Waals surface area (Å²) in [5.41, 5.74) is 8.19. The second-order valence-electron chi connectivity index (χ2n) is 5.73. The van der Waals surface area contributed by atoms with Gasteiger partial charge in [-0.1, -0.05) is 11.6 Å². The molecule has 20 heavy (non-hydrogen) atoms. The smallest absolute Gasteiger partial charge is 0.123 e. The molecule has 3 nitrogen and oxygen atoms in total. The van der Waals surface area contributed by atoms with Crippen molar-refractivity contribution < 1.29 is 4.74 Å². The molecule has 1 aromatic carbocycles. The van der Waals surface area contributed by atoms with E-state index in [9.17, 15) is 0 Å². The second kappa shape index (κ2) is 5.33. The zero-order valence-electron chi connectivity index (χ0n) is 12.2. The van der Waals surface area contributed by atoms with E-state index in [0.29, 0.717) is 10.8 Å². The van der Waals surface area contributed by atoms with Gasteiger partial charge in [-0.05, 0) is 58.0 Å². The Morgan fingerprint density at radius 2 is 1.75 bits per heavy atom. The molecular formula is C16H19ClN2O. The van der Waals surface area contributed by atoms with E-state index in [-0.39, 0.29) is 5.60 Å². The summed E-state index contributed by atoms with van der Waals surface area (Å²) in [7, 11) is 0. The molecule has 0 aliphatic carbocycles. The summed E-state index contributed by atoms with van der Waals surface area (Å²) in [5.74, 6) is 1.27. The van der Waals surface area contributed by atoms with Gasteiger partial charge in [0, 0.05) is 16.8 Å². The molecule has 0 radical (unpaired) electrons. The first-order valence-corrected chi connectivity index (χ1v) is 6.86. The molecule has 0 fully saturated rings. The molecule has 0 atom stereocenters. The third-order valence-electron chi connectivity index (χ3n) is 2.76. The molecule has 2 N–H and O–H groups in total. The average Bonchev–Trinajstić information content (AvgIpc) is 2.28. The summed E-state index contributed by atoms with van der Waals surface area (Å²) < 4.78 is 5.80. The Morgan fingerprint density at radius 3 is 2.30 bits per heavy atom. The van der Waals surface area contributed by atoms with Crippen LogP contribution in [0.2, 0.25) is 5.02 Å². The van der Waals surface area contributed by atoms with Gasteiger partial charge in [0.25, 0.3) is 0 Å². The normalized spacial score (nSPS) is 11.4. The first-order chi connectivity index (χ1) is 9.26. The van der Waals surface area contributed by atoms with E-state index < -0.39 is 0 Å². The summed E-state index contributed by atoms with van der Waals surface area (Å²) in [6.45, 7) is 7.93. The van der Waals surface area contributed by atoms with Crippen LogP contribution in [0.3, 0.4) is 0 Å². The van der Waals surface area contributed by atoms with Crippen molar-refractivity contribution >= 4 is 17.4 Å². The van der Waals surface area contributed by atoms with Gasteiger partial charge in [0.1, 0.15) is 17.2 Å². The van der Waals surface area contributed by atoms with E-state index in [2.05, 4.69) is 4.98 Å². The van der Waals surface area contributed by atoms with Crippen LogP contribution in [0.5, 0.6) is 5.75 Å². The Kier molecular flexibility index (Phi) is 3.91. The minimum absolute atomic E-state index is 0.247. The fourth-order valence-corrected chi connectivity index (χ4v) is 2.27. The van der Waals surface area contributed by atoms with Gasteiger partial charge in [-0.3, -0.25) is 0 Å². The van der Waals surface area contributed by atoms with Crippen molar-refractivity contribution in [3.05, 3.63) is 41.0 Å². The minimum Gasteiger partial charge on any atom is -0.488 e. The van der Waals surface area contributed by atoms with Gasteiger partial charge in [-0.15, -0.1) is 0 Å². The topological polar surface area (TPSA) is 48.1 Å². The maximum atomic E-state index is 6.37. The summed E-state index contributed by atoms with van der Waals surface area (Å²) in [5, 5.41) is 0.640. The summed E-state index contributed by atoms with van der Waals surface area (Å²) >= 11 is 6.37. The first-order valence-electron chi connectivity index (χ1n) is 6.48. The van der Waals surface area contributed by atoms with E-state index in [1.807, 2.05) is 52.0 Å². The molecule has 2 aromatic rings. The van der Waals surface area contributed by atoms with Crippen LogP contribution in [0.15, 0.2) is 30.3 Å². The molecule has 1 heterocycles. The molecule has 0 aliphatic heterocycles. The molecule has 0 unspecified atom stereocenters. The van der Waals surface area contributed by atoms with Gasteiger partial charge in [0.05, 0.1) is 5.02 Å². The predicted molar refractivity (Wildman–Crippen MR) is 84.2 cm³/mol. The lowest BCUT2D eigenvalue weighted by Crippen LogP contribution is -2.22. The van der Waals surface area contributed by atoms with Crippen LogP contribution < -0.4 is 10.5 Å². The summed E-state index contributed by atoms with van der Waals surface area (Å²) in [6.07, 6.45) is 0.